The summed E-state index contributed by atoms with van der Waals surface area (Å²) in [6.45, 7) is 4.35. The number of nitrogens with zero attached hydrogens (tertiary/aromatic N) is 1. The zero-order chi connectivity index (χ0) is 27.1. The van der Waals surface area contributed by atoms with Gasteiger partial charge in [0, 0.05) is 4.90 Å². The van der Waals surface area contributed by atoms with Gasteiger partial charge in [0.1, 0.15) is 16.2 Å². The normalized spacial score (nSPS) is 18.7. The topological polar surface area (TPSA) is 65.1 Å². The Hall–Kier alpha value is -3.45. The molecule has 200 valence electrons. The second-order valence-electron chi connectivity index (χ2n) is 9.24. The Morgan fingerprint density at radius 3 is 1.92 bits per heavy atom. The Bertz CT molecular complexity index is 1170. The number of thioether (sulfide) groups is 1. The summed E-state index contributed by atoms with van der Waals surface area (Å²) in [6.07, 6.45) is 2.18. The predicted molar refractivity (Wildman–Crippen MR) is 150 cm³/mol. The largest absolute Gasteiger partial charge is 0.497 e. The third kappa shape index (κ3) is 5.39. The molecule has 0 radical (unpaired) electrons. The van der Waals surface area contributed by atoms with Gasteiger partial charge in [0.2, 0.25) is 5.91 Å². The lowest BCUT2D eigenvalue weighted by molar-refractivity contribution is -0.174. The number of hydrogen-bond acceptors (Lipinski definition) is 6. The lowest BCUT2D eigenvalue weighted by Gasteiger charge is -2.56. The minimum absolute atomic E-state index is 0.0806. The number of benzene rings is 3. The molecular weight excluding hydrogens is 498 g/mol. The maximum atomic E-state index is 14.2. The number of methoxy groups -OCH3 is 2. The van der Waals surface area contributed by atoms with Gasteiger partial charge in [-0.25, -0.2) is 4.79 Å². The molecule has 1 amide bonds. The van der Waals surface area contributed by atoms with Gasteiger partial charge in [0.25, 0.3) is 0 Å². The van der Waals surface area contributed by atoms with E-state index in [1.807, 2.05) is 85.8 Å². The molecule has 1 aliphatic rings. The lowest BCUT2D eigenvalue weighted by atomic mass is 9.79. The van der Waals surface area contributed by atoms with Crippen molar-refractivity contribution in [2.45, 2.75) is 54.8 Å². The number of carbonyl (C=O) groups excluding carboxylic acids is 2. The van der Waals surface area contributed by atoms with Gasteiger partial charge < -0.3 is 19.1 Å². The van der Waals surface area contributed by atoms with E-state index in [0.717, 1.165) is 40.4 Å². The van der Waals surface area contributed by atoms with Crippen LogP contribution in [0.4, 0.5) is 0 Å². The fourth-order valence-corrected chi connectivity index (χ4v) is 6.25. The molecule has 1 fully saturated rings. The number of likely N-dealkylation sites (tertiary alicyclic amines) is 1. The van der Waals surface area contributed by atoms with Gasteiger partial charge in [-0.2, -0.15) is 0 Å². The Morgan fingerprint density at radius 1 is 0.895 bits per heavy atom. The van der Waals surface area contributed by atoms with E-state index >= 15 is 0 Å². The second kappa shape index (κ2) is 12.4. The number of hydrogen-bond donors (Lipinski definition) is 0. The number of amides is 1. The molecule has 2 unspecified atom stereocenters. The van der Waals surface area contributed by atoms with Crippen molar-refractivity contribution < 1.29 is 23.8 Å². The van der Waals surface area contributed by atoms with Crippen molar-refractivity contribution in [2.24, 2.45) is 0 Å². The van der Waals surface area contributed by atoms with Crippen LogP contribution in [0.3, 0.4) is 0 Å². The van der Waals surface area contributed by atoms with Crippen molar-refractivity contribution in [1.29, 1.82) is 0 Å². The highest BCUT2D eigenvalue weighted by Crippen LogP contribution is 2.53. The van der Waals surface area contributed by atoms with Crippen molar-refractivity contribution in [3.63, 3.8) is 0 Å². The van der Waals surface area contributed by atoms with Crippen molar-refractivity contribution >= 4 is 23.6 Å². The van der Waals surface area contributed by atoms with Crippen molar-refractivity contribution in [3.05, 3.63) is 90.0 Å². The fourth-order valence-electron chi connectivity index (χ4n) is 4.88. The van der Waals surface area contributed by atoms with E-state index in [-0.39, 0.29) is 11.9 Å². The summed E-state index contributed by atoms with van der Waals surface area (Å²) in [5, 5.41) is 0. The molecule has 1 saturated heterocycles. The monoisotopic (exact) mass is 533 g/mol. The molecule has 4 rings (SSSR count). The number of unbranched alkanes of at least 4 members (excludes halogenated alkanes) is 1. The Labute approximate surface area is 229 Å². The highest BCUT2D eigenvalue weighted by atomic mass is 32.2. The first-order chi connectivity index (χ1) is 18.5. The summed E-state index contributed by atoms with van der Waals surface area (Å²) in [4.78, 5) is 30.6. The van der Waals surface area contributed by atoms with Crippen LogP contribution in [0.1, 0.15) is 50.3 Å². The summed E-state index contributed by atoms with van der Waals surface area (Å²) >= 11 is 1.45. The molecule has 1 heterocycles. The third-order valence-electron chi connectivity index (χ3n) is 6.99. The van der Waals surface area contributed by atoms with Crippen LogP contribution in [-0.4, -0.2) is 48.4 Å². The van der Waals surface area contributed by atoms with Crippen LogP contribution < -0.4 is 9.47 Å². The number of ether oxygens (including phenoxy) is 3. The van der Waals surface area contributed by atoms with Gasteiger partial charge >= 0.3 is 5.97 Å². The van der Waals surface area contributed by atoms with E-state index in [4.69, 9.17) is 14.2 Å². The molecule has 1 aliphatic heterocycles. The summed E-state index contributed by atoms with van der Waals surface area (Å²) in [5.74, 6) is 0.990. The zero-order valence-corrected chi connectivity index (χ0v) is 23.2. The highest BCUT2D eigenvalue weighted by molar-refractivity contribution is 8.01. The van der Waals surface area contributed by atoms with Gasteiger partial charge in [-0.1, -0.05) is 62.7 Å². The van der Waals surface area contributed by atoms with Crippen LogP contribution in [-0.2, 0) is 14.3 Å². The first-order valence-electron chi connectivity index (χ1n) is 13.0. The van der Waals surface area contributed by atoms with Crippen molar-refractivity contribution in [3.8, 4) is 11.5 Å². The van der Waals surface area contributed by atoms with Crippen LogP contribution in [0.25, 0.3) is 0 Å². The van der Waals surface area contributed by atoms with Gasteiger partial charge in [-0.05, 0) is 60.4 Å². The van der Waals surface area contributed by atoms with Crippen LogP contribution in [0.15, 0.2) is 83.8 Å². The van der Waals surface area contributed by atoms with E-state index < -0.39 is 16.8 Å². The molecule has 7 heteroatoms. The van der Waals surface area contributed by atoms with Gasteiger partial charge in [0.05, 0.1) is 26.9 Å². The summed E-state index contributed by atoms with van der Waals surface area (Å²) < 4.78 is 15.5. The molecule has 0 N–H and O–H groups in total. The first kappa shape index (κ1) is 27.6. The van der Waals surface area contributed by atoms with Gasteiger partial charge in [-0.15, -0.1) is 11.8 Å². The number of rotatable bonds is 12. The second-order valence-corrected chi connectivity index (χ2v) is 10.6. The van der Waals surface area contributed by atoms with Crippen LogP contribution in [0.2, 0.25) is 0 Å². The Balaban J connectivity index is 1.80. The number of β-lactam (4-membered cyclic amide) rings is 1. The lowest BCUT2D eigenvalue weighted by Crippen LogP contribution is -2.75. The molecule has 0 saturated carbocycles. The molecule has 3 aromatic rings. The molecular formula is C31H35NO5S. The summed E-state index contributed by atoms with van der Waals surface area (Å²) in [7, 11) is 3.24. The average Bonchev–Trinajstić information content (AvgIpc) is 2.97. The molecule has 2 atom stereocenters. The predicted octanol–water partition coefficient (Wildman–Crippen LogP) is 6.29. The Kier molecular flexibility index (Phi) is 9.00. The smallest absolute Gasteiger partial charge is 0.330 e. The molecule has 6 nitrogen and oxygen atoms in total. The average molecular weight is 534 g/mol. The quantitative estimate of drug-likeness (QED) is 0.155. The fraction of sp³-hybridized carbons (Fsp3) is 0.355. The van der Waals surface area contributed by atoms with E-state index in [9.17, 15) is 9.59 Å². The summed E-state index contributed by atoms with van der Waals surface area (Å²) in [6, 6.07) is 23.8. The van der Waals surface area contributed by atoms with Crippen LogP contribution in [0, 0.1) is 0 Å². The van der Waals surface area contributed by atoms with E-state index in [1.165, 1.54) is 11.8 Å². The molecule has 0 aliphatic carbocycles. The van der Waals surface area contributed by atoms with E-state index in [0.29, 0.717) is 13.0 Å². The molecule has 0 aromatic heterocycles. The summed E-state index contributed by atoms with van der Waals surface area (Å²) in [5.41, 5.74) is 1.76. The van der Waals surface area contributed by atoms with Crippen molar-refractivity contribution in [2.75, 3.05) is 20.8 Å². The zero-order valence-electron chi connectivity index (χ0n) is 22.4. The van der Waals surface area contributed by atoms with Gasteiger partial charge in [-0.3, -0.25) is 4.79 Å². The molecule has 0 spiro atoms. The maximum absolute atomic E-state index is 14.2. The van der Waals surface area contributed by atoms with Crippen molar-refractivity contribution in [1.82, 2.24) is 4.90 Å². The van der Waals surface area contributed by atoms with Crippen LogP contribution in [0.5, 0.6) is 11.5 Å². The number of carbonyl (C=O) groups is 2. The number of esters is 1. The minimum atomic E-state index is -0.957. The highest BCUT2D eigenvalue weighted by Gasteiger charge is 2.66. The third-order valence-corrected chi connectivity index (χ3v) is 8.55. The molecule has 38 heavy (non-hydrogen) atoms. The maximum Gasteiger partial charge on any atom is 0.330 e. The Morgan fingerprint density at radius 2 is 1.45 bits per heavy atom. The van der Waals surface area contributed by atoms with Gasteiger partial charge in [0.15, 0.2) is 6.04 Å². The molecule has 3 aromatic carbocycles. The van der Waals surface area contributed by atoms with E-state index in [1.54, 1.807) is 19.1 Å². The first-order valence-corrected chi connectivity index (χ1v) is 13.8. The SMILES string of the molecule is CCCCOC(=O)C1N(C(c2ccc(OC)cc2)c2ccc(OC)cc2)C(=O)C1(CC)Sc1ccccc1. The standard InChI is InChI=1S/C31H35NO5S/c1-5-7-21-37-29(33)28-31(6-2,38-26-11-9-8-10-12-26)30(34)32(28)27(22-13-17-24(35-3)18-14-22)23-15-19-25(36-4)20-16-23/h8-20,27-28H,5-7,21H2,1-4H3. The molecule has 0 bridgehead atoms. The van der Waals surface area contributed by atoms with Crippen LogP contribution >= 0.6 is 11.8 Å². The van der Waals surface area contributed by atoms with E-state index in [2.05, 4.69) is 6.92 Å². The minimum Gasteiger partial charge on any atom is -0.497 e.